The zero-order valence-electron chi connectivity index (χ0n) is 14.4. The Morgan fingerprint density at radius 3 is 2.25 bits per heavy atom. The van der Waals surface area contributed by atoms with Gasteiger partial charge >= 0.3 is 0 Å². The third-order valence-electron chi connectivity index (χ3n) is 5.09. The lowest BCUT2D eigenvalue weighted by atomic mass is 9.92. The molecule has 0 unspecified atom stereocenters. The summed E-state index contributed by atoms with van der Waals surface area (Å²) < 4.78 is 0. The van der Waals surface area contributed by atoms with Gasteiger partial charge in [-0.2, -0.15) is 0 Å². The topological polar surface area (TPSA) is 9.72 Å². The van der Waals surface area contributed by atoms with Gasteiger partial charge in [-0.15, -0.1) is 0 Å². The number of likely N-dealkylation sites (tertiary alicyclic amines) is 1. The van der Waals surface area contributed by atoms with E-state index >= 15 is 0 Å². The fourth-order valence-electron chi connectivity index (χ4n) is 3.86. The molecule has 20 heavy (non-hydrogen) atoms. The molecule has 0 bridgehead atoms. The first-order chi connectivity index (χ1) is 9.37. The van der Waals surface area contributed by atoms with Gasteiger partial charge in [0.1, 0.15) is 0 Å². The van der Waals surface area contributed by atoms with Crippen LogP contribution >= 0.6 is 0 Å². The molecule has 2 rings (SSSR count). The second kappa shape index (κ2) is 6.76. The summed E-state index contributed by atoms with van der Waals surface area (Å²) in [4.78, 5) is 7.90. The van der Waals surface area contributed by atoms with Gasteiger partial charge in [0.2, 0.25) is 0 Å². The maximum atomic E-state index is 2.76. The largest absolute Gasteiger partial charge is 0.306 e. The van der Waals surface area contributed by atoms with Gasteiger partial charge in [0, 0.05) is 38.3 Å². The minimum atomic E-state index is 0.344. The third kappa shape index (κ3) is 4.44. The number of nitrogens with zero attached hydrogens (tertiary/aromatic N) is 3. The standard InChI is InChI=1S/C17H35N3/c1-15(2)12-19-10-11-20(17(3,4)14-19)13-16-6-8-18(5)9-7-16/h15-16H,6-14H2,1-5H3. The Kier molecular flexibility index (Phi) is 5.49. The van der Waals surface area contributed by atoms with Crippen molar-refractivity contribution in [2.24, 2.45) is 11.8 Å². The van der Waals surface area contributed by atoms with E-state index in [1.54, 1.807) is 0 Å². The van der Waals surface area contributed by atoms with Gasteiger partial charge in [-0.05, 0) is 58.7 Å². The summed E-state index contributed by atoms with van der Waals surface area (Å²) in [5.74, 6) is 1.70. The first-order valence-electron chi connectivity index (χ1n) is 8.53. The molecule has 0 aliphatic carbocycles. The van der Waals surface area contributed by atoms with Crippen LogP contribution in [0.25, 0.3) is 0 Å². The highest BCUT2D eigenvalue weighted by molar-refractivity contribution is 4.91. The van der Waals surface area contributed by atoms with Crippen LogP contribution in [0.3, 0.4) is 0 Å². The lowest BCUT2D eigenvalue weighted by Crippen LogP contribution is -2.60. The van der Waals surface area contributed by atoms with E-state index in [-0.39, 0.29) is 0 Å². The molecule has 0 N–H and O–H groups in total. The molecule has 0 saturated carbocycles. The molecule has 0 atom stereocenters. The molecular formula is C17H35N3. The Morgan fingerprint density at radius 1 is 1.05 bits per heavy atom. The van der Waals surface area contributed by atoms with E-state index in [1.807, 2.05) is 0 Å². The van der Waals surface area contributed by atoms with Gasteiger partial charge in [-0.3, -0.25) is 9.80 Å². The highest BCUT2D eigenvalue weighted by atomic mass is 15.3. The second-order valence-corrected chi connectivity index (χ2v) is 8.13. The Hall–Kier alpha value is -0.120. The molecule has 118 valence electrons. The molecule has 2 fully saturated rings. The number of hydrogen-bond acceptors (Lipinski definition) is 3. The fraction of sp³-hybridized carbons (Fsp3) is 1.00. The van der Waals surface area contributed by atoms with Crippen LogP contribution in [0.2, 0.25) is 0 Å². The summed E-state index contributed by atoms with van der Waals surface area (Å²) in [7, 11) is 2.25. The molecule has 0 aromatic rings. The normalized spacial score (nSPS) is 27.3. The zero-order chi connectivity index (χ0) is 14.8. The smallest absolute Gasteiger partial charge is 0.0280 e. The van der Waals surface area contributed by atoms with Gasteiger partial charge in [-0.1, -0.05) is 13.8 Å². The van der Waals surface area contributed by atoms with Crippen molar-refractivity contribution < 1.29 is 0 Å². The van der Waals surface area contributed by atoms with Crippen LogP contribution in [-0.4, -0.2) is 73.1 Å². The quantitative estimate of drug-likeness (QED) is 0.783. The maximum absolute atomic E-state index is 2.76. The summed E-state index contributed by atoms with van der Waals surface area (Å²) in [6.45, 7) is 18.4. The monoisotopic (exact) mass is 281 g/mol. The summed E-state index contributed by atoms with van der Waals surface area (Å²) in [5.41, 5.74) is 0.344. The predicted octanol–water partition coefficient (Wildman–Crippen LogP) is 2.38. The minimum Gasteiger partial charge on any atom is -0.306 e. The summed E-state index contributed by atoms with van der Waals surface area (Å²) in [6, 6.07) is 0. The Bertz CT molecular complexity index is 293. The lowest BCUT2D eigenvalue weighted by molar-refractivity contribution is -0.000959. The van der Waals surface area contributed by atoms with E-state index in [1.165, 1.54) is 58.7 Å². The molecule has 0 radical (unpaired) electrons. The van der Waals surface area contributed by atoms with E-state index < -0.39 is 0 Å². The van der Waals surface area contributed by atoms with E-state index in [0.717, 1.165) is 11.8 Å². The molecular weight excluding hydrogens is 246 g/mol. The van der Waals surface area contributed by atoms with Crippen molar-refractivity contribution in [2.75, 3.05) is 52.9 Å². The minimum absolute atomic E-state index is 0.344. The molecule has 0 spiro atoms. The SMILES string of the molecule is CC(C)CN1CCN(CC2CCN(C)CC2)C(C)(C)C1. The molecule has 2 heterocycles. The van der Waals surface area contributed by atoms with Crippen LogP contribution in [-0.2, 0) is 0 Å². The Labute approximate surface area is 126 Å². The lowest BCUT2D eigenvalue weighted by Gasteiger charge is -2.49. The van der Waals surface area contributed by atoms with Crippen molar-refractivity contribution in [3.63, 3.8) is 0 Å². The molecule has 2 saturated heterocycles. The van der Waals surface area contributed by atoms with Gasteiger partial charge < -0.3 is 4.90 Å². The van der Waals surface area contributed by atoms with Crippen molar-refractivity contribution >= 4 is 0 Å². The van der Waals surface area contributed by atoms with E-state index in [2.05, 4.69) is 49.4 Å². The van der Waals surface area contributed by atoms with Crippen LogP contribution in [0.1, 0.15) is 40.5 Å². The van der Waals surface area contributed by atoms with Crippen LogP contribution in [0.4, 0.5) is 0 Å². The van der Waals surface area contributed by atoms with Gasteiger partial charge in [0.25, 0.3) is 0 Å². The Morgan fingerprint density at radius 2 is 1.70 bits per heavy atom. The van der Waals surface area contributed by atoms with E-state index in [0.29, 0.717) is 5.54 Å². The van der Waals surface area contributed by atoms with Gasteiger partial charge in [0.05, 0.1) is 0 Å². The van der Waals surface area contributed by atoms with Gasteiger partial charge in [-0.25, -0.2) is 0 Å². The first kappa shape index (κ1) is 16.3. The summed E-state index contributed by atoms with van der Waals surface area (Å²) in [6.07, 6.45) is 2.78. The highest BCUT2D eigenvalue weighted by Crippen LogP contribution is 2.26. The number of piperazine rings is 1. The average Bonchev–Trinajstić information content (AvgIpc) is 2.34. The van der Waals surface area contributed by atoms with E-state index in [9.17, 15) is 0 Å². The zero-order valence-corrected chi connectivity index (χ0v) is 14.4. The molecule has 0 aromatic carbocycles. The van der Waals surface area contributed by atoms with E-state index in [4.69, 9.17) is 0 Å². The van der Waals surface area contributed by atoms with Crippen molar-refractivity contribution in [2.45, 2.75) is 46.1 Å². The molecule has 2 aliphatic rings. The predicted molar refractivity (Wildman–Crippen MR) is 87.2 cm³/mol. The van der Waals surface area contributed by atoms with Crippen LogP contribution in [0, 0.1) is 11.8 Å². The van der Waals surface area contributed by atoms with Crippen molar-refractivity contribution in [3.05, 3.63) is 0 Å². The van der Waals surface area contributed by atoms with Gasteiger partial charge in [0.15, 0.2) is 0 Å². The average molecular weight is 281 g/mol. The first-order valence-corrected chi connectivity index (χ1v) is 8.53. The summed E-state index contributed by atoms with van der Waals surface area (Å²) >= 11 is 0. The second-order valence-electron chi connectivity index (χ2n) is 8.13. The van der Waals surface area contributed by atoms with Crippen molar-refractivity contribution in [3.8, 4) is 0 Å². The summed E-state index contributed by atoms with van der Waals surface area (Å²) in [5, 5.41) is 0. The van der Waals surface area contributed by atoms with Crippen molar-refractivity contribution in [1.82, 2.24) is 14.7 Å². The van der Waals surface area contributed by atoms with Crippen LogP contribution in [0.15, 0.2) is 0 Å². The maximum Gasteiger partial charge on any atom is 0.0280 e. The van der Waals surface area contributed by atoms with Crippen LogP contribution in [0.5, 0.6) is 0 Å². The molecule has 0 aromatic heterocycles. The molecule has 3 heteroatoms. The highest BCUT2D eigenvalue weighted by Gasteiger charge is 2.35. The fourth-order valence-corrected chi connectivity index (χ4v) is 3.86. The molecule has 3 nitrogen and oxygen atoms in total. The molecule has 0 amide bonds. The number of hydrogen-bond donors (Lipinski definition) is 0. The number of rotatable bonds is 4. The van der Waals surface area contributed by atoms with Crippen LogP contribution < -0.4 is 0 Å². The third-order valence-corrected chi connectivity index (χ3v) is 5.09. The van der Waals surface area contributed by atoms with Crippen molar-refractivity contribution in [1.29, 1.82) is 0 Å². The number of piperidine rings is 1. The Balaban J connectivity index is 1.84. The molecule has 2 aliphatic heterocycles.